The molecule has 2 aromatic rings. The highest BCUT2D eigenvalue weighted by Crippen LogP contribution is 2.25. The lowest BCUT2D eigenvalue weighted by Crippen LogP contribution is -2.43. The number of oxazole rings is 1. The van der Waals surface area contributed by atoms with Gasteiger partial charge in [0.15, 0.2) is 5.58 Å². The van der Waals surface area contributed by atoms with Crippen molar-refractivity contribution in [1.82, 2.24) is 9.88 Å². The van der Waals surface area contributed by atoms with E-state index in [9.17, 15) is 4.79 Å². The second-order valence-electron chi connectivity index (χ2n) is 4.29. The largest absolute Gasteiger partial charge is 0.419 e. The average Bonchev–Trinajstić information content (AvgIpc) is 2.67. The first-order valence-electron chi connectivity index (χ1n) is 5.81. The molecule has 5 heteroatoms. The molecule has 0 saturated carbocycles. The van der Waals surface area contributed by atoms with E-state index in [1.807, 2.05) is 18.2 Å². The van der Waals surface area contributed by atoms with Crippen LogP contribution in [0.2, 0.25) is 0 Å². The van der Waals surface area contributed by atoms with E-state index in [4.69, 9.17) is 4.42 Å². The van der Waals surface area contributed by atoms with Crippen LogP contribution in [-0.4, -0.2) is 30.7 Å². The molecule has 0 bridgehead atoms. The summed E-state index contributed by atoms with van der Waals surface area (Å²) < 4.78 is 6.87. The molecule has 1 aliphatic heterocycles. The molecule has 5 nitrogen and oxygen atoms in total. The van der Waals surface area contributed by atoms with Gasteiger partial charge < -0.3 is 14.6 Å². The number of hydrogen-bond donors (Lipinski definition) is 1. The molecule has 1 aromatic carbocycles. The van der Waals surface area contributed by atoms with Gasteiger partial charge >= 0.3 is 5.76 Å². The molecule has 1 N–H and O–H groups in total. The Morgan fingerprint density at radius 1 is 1.29 bits per heavy atom. The van der Waals surface area contributed by atoms with Crippen molar-refractivity contribution < 1.29 is 4.42 Å². The number of rotatable bonds is 1. The Labute approximate surface area is 98.6 Å². The van der Waals surface area contributed by atoms with Crippen molar-refractivity contribution in [3.8, 4) is 0 Å². The van der Waals surface area contributed by atoms with Crippen LogP contribution in [0.1, 0.15) is 0 Å². The smallest absolute Gasteiger partial charge is 0.405 e. The number of aryl methyl sites for hydroxylation is 1. The number of hydrogen-bond acceptors (Lipinski definition) is 4. The van der Waals surface area contributed by atoms with Gasteiger partial charge in [-0.1, -0.05) is 6.07 Å². The van der Waals surface area contributed by atoms with Crippen LogP contribution in [0.3, 0.4) is 0 Å². The van der Waals surface area contributed by atoms with Crippen LogP contribution in [-0.2, 0) is 7.05 Å². The van der Waals surface area contributed by atoms with E-state index in [0.29, 0.717) is 5.58 Å². The van der Waals surface area contributed by atoms with Gasteiger partial charge in [-0.05, 0) is 12.1 Å². The Morgan fingerprint density at radius 3 is 2.82 bits per heavy atom. The number of piperazine rings is 1. The lowest BCUT2D eigenvalue weighted by atomic mass is 10.2. The molecule has 0 radical (unpaired) electrons. The maximum Gasteiger partial charge on any atom is 0.419 e. The van der Waals surface area contributed by atoms with E-state index in [1.54, 1.807) is 11.6 Å². The Kier molecular flexibility index (Phi) is 2.40. The van der Waals surface area contributed by atoms with E-state index in [0.717, 1.165) is 37.4 Å². The minimum Gasteiger partial charge on any atom is -0.405 e. The molecule has 1 aromatic heterocycles. The predicted molar refractivity (Wildman–Crippen MR) is 66.5 cm³/mol. The van der Waals surface area contributed by atoms with E-state index in [2.05, 4.69) is 10.2 Å². The summed E-state index contributed by atoms with van der Waals surface area (Å²) in [6.45, 7) is 3.82. The SMILES string of the molecule is Cn1c(=O)oc2c(N3CCNCC3)cccc21. The molecule has 3 rings (SSSR count). The predicted octanol–water partition coefficient (Wildman–Crippen LogP) is 0.541. The van der Waals surface area contributed by atoms with Crippen molar-refractivity contribution in [2.24, 2.45) is 7.05 Å². The molecule has 0 spiro atoms. The minimum absolute atomic E-state index is 0.303. The van der Waals surface area contributed by atoms with Crippen molar-refractivity contribution in [2.75, 3.05) is 31.1 Å². The van der Waals surface area contributed by atoms with Crippen molar-refractivity contribution in [3.63, 3.8) is 0 Å². The van der Waals surface area contributed by atoms with Gasteiger partial charge in [-0.15, -0.1) is 0 Å². The summed E-state index contributed by atoms with van der Waals surface area (Å²) in [5.74, 6) is -0.303. The zero-order chi connectivity index (χ0) is 11.8. The maximum atomic E-state index is 11.5. The molecule has 90 valence electrons. The van der Waals surface area contributed by atoms with E-state index in [-0.39, 0.29) is 5.76 Å². The van der Waals surface area contributed by atoms with Crippen molar-refractivity contribution in [3.05, 3.63) is 28.7 Å². The average molecular weight is 233 g/mol. The number of nitrogens with zero attached hydrogens (tertiary/aromatic N) is 2. The Bertz CT molecular complexity index is 593. The second kappa shape index (κ2) is 3.92. The molecule has 0 amide bonds. The number of aromatic nitrogens is 1. The first-order chi connectivity index (χ1) is 8.27. The first kappa shape index (κ1) is 10.4. The van der Waals surface area contributed by atoms with Crippen LogP contribution in [0.4, 0.5) is 5.69 Å². The third kappa shape index (κ3) is 1.63. The van der Waals surface area contributed by atoms with E-state index < -0.39 is 0 Å². The molecule has 1 aliphatic rings. The van der Waals surface area contributed by atoms with E-state index >= 15 is 0 Å². The standard InChI is InChI=1S/C12H15N3O2/c1-14-9-3-2-4-10(11(9)17-12(14)16)15-7-5-13-6-8-15/h2-4,13H,5-8H2,1H3. The quantitative estimate of drug-likeness (QED) is 0.781. The Morgan fingerprint density at radius 2 is 2.06 bits per heavy atom. The highest BCUT2D eigenvalue weighted by atomic mass is 16.4. The number of anilines is 1. The van der Waals surface area contributed by atoms with Crippen LogP contribution in [0.15, 0.2) is 27.4 Å². The summed E-state index contributed by atoms with van der Waals surface area (Å²) in [5, 5.41) is 3.31. The van der Waals surface area contributed by atoms with Crippen molar-refractivity contribution >= 4 is 16.8 Å². The first-order valence-corrected chi connectivity index (χ1v) is 5.81. The summed E-state index contributed by atoms with van der Waals surface area (Å²) in [4.78, 5) is 13.8. The van der Waals surface area contributed by atoms with Gasteiger partial charge in [0, 0.05) is 33.2 Å². The zero-order valence-electron chi connectivity index (χ0n) is 9.77. The van der Waals surface area contributed by atoms with Gasteiger partial charge in [0.2, 0.25) is 0 Å². The lowest BCUT2D eigenvalue weighted by Gasteiger charge is -2.29. The number of para-hydroxylation sites is 1. The molecule has 0 aliphatic carbocycles. The molecule has 0 unspecified atom stereocenters. The zero-order valence-corrected chi connectivity index (χ0v) is 9.77. The maximum absolute atomic E-state index is 11.5. The molecular formula is C12H15N3O2. The highest BCUT2D eigenvalue weighted by molar-refractivity contribution is 5.87. The normalized spacial score (nSPS) is 16.6. The monoisotopic (exact) mass is 233 g/mol. The van der Waals surface area contributed by atoms with Gasteiger partial charge in [0.05, 0.1) is 11.2 Å². The Hall–Kier alpha value is -1.75. The van der Waals surface area contributed by atoms with E-state index in [1.165, 1.54) is 0 Å². The summed E-state index contributed by atoms with van der Waals surface area (Å²) in [6, 6.07) is 5.89. The van der Waals surface area contributed by atoms with Crippen molar-refractivity contribution in [1.29, 1.82) is 0 Å². The fraction of sp³-hybridized carbons (Fsp3) is 0.417. The van der Waals surface area contributed by atoms with Gasteiger partial charge in [-0.25, -0.2) is 4.79 Å². The summed E-state index contributed by atoms with van der Waals surface area (Å²) >= 11 is 0. The van der Waals surface area contributed by atoms with Crippen molar-refractivity contribution in [2.45, 2.75) is 0 Å². The molecular weight excluding hydrogens is 218 g/mol. The van der Waals surface area contributed by atoms with Crippen LogP contribution < -0.4 is 16.0 Å². The minimum atomic E-state index is -0.303. The van der Waals surface area contributed by atoms with Crippen LogP contribution in [0.25, 0.3) is 11.1 Å². The number of fused-ring (bicyclic) bond motifs is 1. The fourth-order valence-electron chi connectivity index (χ4n) is 2.29. The lowest BCUT2D eigenvalue weighted by molar-refractivity contribution is 0.524. The molecule has 2 heterocycles. The molecule has 1 fully saturated rings. The third-order valence-corrected chi connectivity index (χ3v) is 3.26. The highest BCUT2D eigenvalue weighted by Gasteiger charge is 2.16. The van der Waals surface area contributed by atoms with Gasteiger partial charge in [-0.2, -0.15) is 0 Å². The molecule has 1 saturated heterocycles. The second-order valence-corrected chi connectivity index (χ2v) is 4.29. The Balaban J connectivity index is 2.15. The van der Waals surface area contributed by atoms with Crippen LogP contribution >= 0.6 is 0 Å². The number of benzene rings is 1. The summed E-state index contributed by atoms with van der Waals surface area (Å²) in [6.07, 6.45) is 0. The summed E-state index contributed by atoms with van der Waals surface area (Å²) in [5.41, 5.74) is 2.56. The topological polar surface area (TPSA) is 50.4 Å². The van der Waals surface area contributed by atoms with Gasteiger partial charge in [0.25, 0.3) is 0 Å². The third-order valence-electron chi connectivity index (χ3n) is 3.26. The van der Waals surface area contributed by atoms with Crippen LogP contribution in [0, 0.1) is 0 Å². The van der Waals surface area contributed by atoms with Crippen LogP contribution in [0.5, 0.6) is 0 Å². The van der Waals surface area contributed by atoms with Gasteiger partial charge in [-0.3, -0.25) is 4.57 Å². The summed E-state index contributed by atoms with van der Waals surface area (Å²) in [7, 11) is 1.73. The fourth-order valence-corrected chi connectivity index (χ4v) is 2.29. The number of nitrogens with one attached hydrogen (secondary N) is 1. The molecule has 17 heavy (non-hydrogen) atoms. The van der Waals surface area contributed by atoms with Gasteiger partial charge in [0.1, 0.15) is 0 Å². The molecule has 0 atom stereocenters.